The highest BCUT2D eigenvalue weighted by Crippen LogP contribution is 2.24. The summed E-state index contributed by atoms with van der Waals surface area (Å²) >= 11 is 0. The van der Waals surface area contributed by atoms with Crippen LogP contribution in [0.5, 0.6) is 0 Å². The molecule has 1 aromatic carbocycles. The average Bonchev–Trinajstić information content (AvgIpc) is 2.67. The largest absolute Gasteiger partial charge is 0.310 e. The number of pyridine rings is 1. The maximum atomic E-state index is 5.45. The molecule has 0 bridgehead atoms. The molecule has 0 unspecified atom stereocenters. The van der Waals surface area contributed by atoms with Crippen LogP contribution < -0.4 is 11.3 Å². The van der Waals surface area contributed by atoms with Gasteiger partial charge in [-0.2, -0.15) is 0 Å². The number of nitrogens with two attached hydrogens (primary N) is 1. The molecule has 3 rings (SSSR count). The predicted octanol–water partition coefficient (Wildman–Crippen LogP) is 1.43. The van der Waals surface area contributed by atoms with Crippen LogP contribution in [0, 0.1) is 0 Å². The Balaban J connectivity index is 2.16. The molecule has 0 aliphatic carbocycles. The first-order valence-electron chi connectivity index (χ1n) is 5.98. The molecule has 0 spiro atoms. The van der Waals surface area contributed by atoms with Crippen molar-refractivity contribution in [1.29, 1.82) is 0 Å². The topological polar surface area (TPSA) is 75.7 Å². The minimum atomic E-state index is 0.414. The van der Waals surface area contributed by atoms with Gasteiger partial charge in [0.2, 0.25) is 0 Å². The van der Waals surface area contributed by atoms with Crippen LogP contribution in [0.3, 0.4) is 0 Å². The third-order valence-electron chi connectivity index (χ3n) is 2.88. The molecule has 2 aromatic rings. The van der Waals surface area contributed by atoms with Crippen molar-refractivity contribution in [3.63, 3.8) is 0 Å². The zero-order valence-electron chi connectivity index (χ0n) is 10.2. The lowest BCUT2D eigenvalue weighted by Gasteiger charge is -2.06. The maximum absolute atomic E-state index is 5.45. The number of hydrogen-bond acceptors (Lipinski definition) is 5. The summed E-state index contributed by atoms with van der Waals surface area (Å²) in [7, 11) is 0. The molecular formula is C14H13N5. The van der Waals surface area contributed by atoms with Crippen molar-refractivity contribution in [2.75, 3.05) is 6.54 Å². The Labute approximate surface area is 110 Å². The van der Waals surface area contributed by atoms with Gasteiger partial charge >= 0.3 is 0 Å². The second-order valence-corrected chi connectivity index (χ2v) is 4.10. The lowest BCUT2D eigenvalue weighted by Crippen LogP contribution is -2.32. The molecule has 19 heavy (non-hydrogen) atoms. The summed E-state index contributed by atoms with van der Waals surface area (Å²) in [5.41, 5.74) is 6.06. The first-order chi connectivity index (χ1) is 9.38. The summed E-state index contributed by atoms with van der Waals surface area (Å²) in [5, 5.41) is 0. The highest BCUT2D eigenvalue weighted by atomic mass is 15.3. The minimum Gasteiger partial charge on any atom is -0.310 e. The number of para-hydroxylation sites is 1. The van der Waals surface area contributed by atoms with Crippen molar-refractivity contribution < 1.29 is 0 Å². The number of rotatable bonds is 1. The Morgan fingerprint density at radius 3 is 2.68 bits per heavy atom. The Bertz CT molecular complexity index is 646. The van der Waals surface area contributed by atoms with E-state index in [0.29, 0.717) is 12.4 Å². The van der Waals surface area contributed by atoms with Crippen molar-refractivity contribution in [3.8, 4) is 0 Å². The van der Waals surface area contributed by atoms with Gasteiger partial charge in [0.1, 0.15) is 5.84 Å². The van der Waals surface area contributed by atoms with Crippen molar-refractivity contribution in [1.82, 2.24) is 10.4 Å². The molecule has 0 saturated carbocycles. The van der Waals surface area contributed by atoms with E-state index in [2.05, 4.69) is 20.4 Å². The molecule has 5 nitrogen and oxygen atoms in total. The molecule has 0 atom stereocenters. The Kier molecular flexibility index (Phi) is 3.04. The number of benzene rings is 1. The van der Waals surface area contributed by atoms with Crippen LogP contribution in [-0.2, 0) is 0 Å². The fraction of sp³-hybridized carbons (Fsp3) is 0.0714. The van der Waals surface area contributed by atoms with Crippen molar-refractivity contribution in [2.45, 2.75) is 0 Å². The first kappa shape index (κ1) is 11.6. The smallest absolute Gasteiger partial charge is 0.138 e. The van der Waals surface area contributed by atoms with Gasteiger partial charge in [-0.3, -0.25) is 9.98 Å². The highest BCUT2D eigenvalue weighted by Gasteiger charge is 2.15. The molecule has 94 valence electrons. The van der Waals surface area contributed by atoms with E-state index < -0.39 is 0 Å². The molecule has 1 aromatic heterocycles. The van der Waals surface area contributed by atoms with Crippen LogP contribution >= 0.6 is 0 Å². The van der Waals surface area contributed by atoms with Crippen LogP contribution in [0.1, 0.15) is 11.3 Å². The number of aliphatic imine (C=N–C) groups is 2. The number of aromatic nitrogens is 1. The van der Waals surface area contributed by atoms with Gasteiger partial charge in [0, 0.05) is 11.8 Å². The van der Waals surface area contributed by atoms with E-state index in [4.69, 9.17) is 5.84 Å². The van der Waals surface area contributed by atoms with Gasteiger partial charge in [0.05, 0.1) is 23.6 Å². The van der Waals surface area contributed by atoms with E-state index in [1.807, 2.05) is 42.5 Å². The van der Waals surface area contributed by atoms with E-state index in [0.717, 1.165) is 22.7 Å². The normalized spacial score (nSPS) is 13.9. The molecule has 0 amide bonds. The Hall–Kier alpha value is -2.53. The lowest BCUT2D eigenvalue weighted by atomic mass is 10.0. The molecule has 3 N–H and O–H groups in total. The van der Waals surface area contributed by atoms with E-state index in [1.165, 1.54) is 0 Å². The molecule has 0 radical (unpaired) electrons. The van der Waals surface area contributed by atoms with Crippen molar-refractivity contribution in [2.24, 2.45) is 15.8 Å². The summed E-state index contributed by atoms with van der Waals surface area (Å²) in [6.45, 7) is 0.414. The van der Waals surface area contributed by atoms with E-state index >= 15 is 0 Å². The van der Waals surface area contributed by atoms with Gasteiger partial charge in [-0.15, -0.1) is 0 Å². The Morgan fingerprint density at radius 2 is 1.89 bits per heavy atom. The van der Waals surface area contributed by atoms with Gasteiger partial charge in [-0.1, -0.05) is 24.3 Å². The molecule has 5 heteroatoms. The molecule has 1 aliphatic heterocycles. The third kappa shape index (κ3) is 2.23. The molecular weight excluding hydrogens is 238 g/mol. The number of amidine groups is 1. The van der Waals surface area contributed by atoms with Crippen LogP contribution in [-0.4, -0.2) is 23.1 Å². The van der Waals surface area contributed by atoms with Crippen LogP contribution in [0.15, 0.2) is 58.6 Å². The number of hydrazine groups is 1. The van der Waals surface area contributed by atoms with E-state index in [9.17, 15) is 0 Å². The predicted molar refractivity (Wildman–Crippen MR) is 75.6 cm³/mol. The average molecular weight is 251 g/mol. The second-order valence-electron chi connectivity index (χ2n) is 4.10. The summed E-state index contributed by atoms with van der Waals surface area (Å²) < 4.78 is 0. The SMILES string of the molecule is NNC1=Nc2ccccc2C(c2ccccn2)=NC1. The summed E-state index contributed by atoms with van der Waals surface area (Å²) in [6.07, 6.45) is 1.76. The van der Waals surface area contributed by atoms with Gasteiger partial charge in [0.15, 0.2) is 0 Å². The number of hydrogen-bond donors (Lipinski definition) is 2. The summed E-state index contributed by atoms with van der Waals surface area (Å²) in [5.74, 6) is 6.09. The van der Waals surface area contributed by atoms with Gasteiger partial charge in [-0.25, -0.2) is 10.8 Å². The minimum absolute atomic E-state index is 0.414. The Morgan fingerprint density at radius 1 is 1.05 bits per heavy atom. The van der Waals surface area contributed by atoms with Crippen LogP contribution in [0.2, 0.25) is 0 Å². The standard InChI is InChI=1S/C14H13N5/c15-19-13-9-17-14(12-7-3-4-8-16-12)10-5-1-2-6-11(10)18-13/h1-8H,9,15H2,(H,18,19). The van der Waals surface area contributed by atoms with Gasteiger partial charge in [0.25, 0.3) is 0 Å². The first-order valence-corrected chi connectivity index (χ1v) is 5.98. The number of nitrogens with one attached hydrogen (secondary N) is 1. The van der Waals surface area contributed by atoms with Crippen molar-refractivity contribution >= 4 is 17.2 Å². The maximum Gasteiger partial charge on any atom is 0.138 e. The molecule has 0 fully saturated rings. The second kappa shape index (κ2) is 4.99. The van der Waals surface area contributed by atoms with Gasteiger partial charge in [-0.05, 0) is 18.2 Å². The molecule has 0 saturated heterocycles. The lowest BCUT2D eigenvalue weighted by molar-refractivity contribution is 0.992. The van der Waals surface area contributed by atoms with Crippen molar-refractivity contribution in [3.05, 3.63) is 59.9 Å². The summed E-state index contributed by atoms with van der Waals surface area (Å²) in [4.78, 5) is 13.4. The molecule has 1 aliphatic rings. The fourth-order valence-corrected chi connectivity index (χ4v) is 1.99. The number of nitrogens with zero attached hydrogens (tertiary/aromatic N) is 3. The zero-order chi connectivity index (χ0) is 13.1. The zero-order valence-corrected chi connectivity index (χ0v) is 10.2. The third-order valence-corrected chi connectivity index (χ3v) is 2.88. The van der Waals surface area contributed by atoms with E-state index in [1.54, 1.807) is 6.20 Å². The monoisotopic (exact) mass is 251 g/mol. The molecule has 2 heterocycles. The van der Waals surface area contributed by atoms with Crippen LogP contribution in [0.4, 0.5) is 5.69 Å². The highest BCUT2D eigenvalue weighted by molar-refractivity contribution is 6.16. The van der Waals surface area contributed by atoms with E-state index in [-0.39, 0.29) is 0 Å². The quantitative estimate of drug-likeness (QED) is 0.594. The van der Waals surface area contributed by atoms with Gasteiger partial charge < -0.3 is 5.43 Å². The fourth-order valence-electron chi connectivity index (χ4n) is 1.99. The summed E-state index contributed by atoms with van der Waals surface area (Å²) in [6, 6.07) is 13.6. The van der Waals surface area contributed by atoms with Crippen LogP contribution in [0.25, 0.3) is 0 Å². The number of fused-ring (bicyclic) bond motifs is 1.